The van der Waals surface area contributed by atoms with Gasteiger partial charge < -0.3 is 15.4 Å². The summed E-state index contributed by atoms with van der Waals surface area (Å²) in [6.07, 6.45) is -3.78. The Labute approximate surface area is 152 Å². The van der Waals surface area contributed by atoms with E-state index in [4.69, 9.17) is 0 Å². The SMILES string of the molecule is CN=C(NCc1c(F)cccc1OC(F)F)NC1CCN(CC(F)(F)F)C1. The Morgan fingerprint density at radius 1 is 1.37 bits per heavy atom. The highest BCUT2D eigenvalue weighted by molar-refractivity contribution is 5.80. The number of rotatable bonds is 6. The molecule has 0 radical (unpaired) electrons. The lowest BCUT2D eigenvalue weighted by Crippen LogP contribution is -2.45. The van der Waals surface area contributed by atoms with E-state index in [9.17, 15) is 26.3 Å². The average Bonchev–Trinajstić information content (AvgIpc) is 2.97. The minimum absolute atomic E-state index is 0.106. The molecule has 27 heavy (non-hydrogen) atoms. The predicted octanol–water partition coefficient (Wildman–Crippen LogP) is 2.73. The Morgan fingerprint density at radius 2 is 2.11 bits per heavy atom. The van der Waals surface area contributed by atoms with E-state index in [1.54, 1.807) is 0 Å². The van der Waals surface area contributed by atoms with Crippen LogP contribution >= 0.6 is 0 Å². The second-order valence-electron chi connectivity index (χ2n) is 6.00. The van der Waals surface area contributed by atoms with Crippen molar-refractivity contribution in [1.29, 1.82) is 0 Å². The Hall–Kier alpha value is -2.17. The summed E-state index contributed by atoms with van der Waals surface area (Å²) in [5.74, 6) is -0.807. The highest BCUT2D eigenvalue weighted by Gasteiger charge is 2.34. The molecule has 1 aliphatic rings. The van der Waals surface area contributed by atoms with E-state index in [1.165, 1.54) is 24.1 Å². The van der Waals surface area contributed by atoms with Gasteiger partial charge in [0, 0.05) is 38.3 Å². The van der Waals surface area contributed by atoms with Gasteiger partial charge >= 0.3 is 12.8 Å². The third-order valence-electron chi connectivity index (χ3n) is 3.96. The number of nitrogens with one attached hydrogen (secondary N) is 2. The number of guanidine groups is 1. The first-order chi connectivity index (χ1) is 12.7. The fourth-order valence-electron chi connectivity index (χ4n) is 2.82. The minimum atomic E-state index is -4.26. The van der Waals surface area contributed by atoms with E-state index in [1.807, 2.05) is 0 Å². The number of alkyl halides is 5. The second-order valence-corrected chi connectivity index (χ2v) is 6.00. The zero-order valence-corrected chi connectivity index (χ0v) is 14.5. The molecule has 1 atom stereocenters. The molecule has 1 fully saturated rings. The zero-order valence-electron chi connectivity index (χ0n) is 14.5. The summed E-state index contributed by atoms with van der Waals surface area (Å²) >= 11 is 0. The van der Waals surface area contributed by atoms with Crippen LogP contribution in [0.3, 0.4) is 0 Å². The fraction of sp³-hybridized carbons (Fsp3) is 0.562. The minimum Gasteiger partial charge on any atom is -0.434 e. The van der Waals surface area contributed by atoms with E-state index >= 15 is 0 Å². The summed E-state index contributed by atoms with van der Waals surface area (Å²) in [5, 5.41) is 5.71. The van der Waals surface area contributed by atoms with Crippen molar-refractivity contribution >= 4 is 5.96 Å². The monoisotopic (exact) mass is 398 g/mol. The molecule has 1 aliphatic heterocycles. The summed E-state index contributed by atoms with van der Waals surface area (Å²) in [4.78, 5) is 5.20. The number of likely N-dealkylation sites (tertiary alicyclic amines) is 1. The molecule has 1 unspecified atom stereocenters. The summed E-state index contributed by atoms with van der Waals surface area (Å²) in [6, 6.07) is 3.31. The van der Waals surface area contributed by atoms with Crippen LogP contribution in [0.1, 0.15) is 12.0 Å². The maximum atomic E-state index is 13.9. The number of aliphatic imine (C=N–C) groups is 1. The van der Waals surface area contributed by atoms with Crippen molar-refractivity contribution in [3.8, 4) is 5.75 Å². The highest BCUT2D eigenvalue weighted by atomic mass is 19.4. The van der Waals surface area contributed by atoms with Crippen molar-refractivity contribution in [1.82, 2.24) is 15.5 Å². The van der Waals surface area contributed by atoms with E-state index < -0.39 is 25.1 Å². The lowest BCUT2D eigenvalue weighted by molar-refractivity contribution is -0.143. The largest absolute Gasteiger partial charge is 0.434 e. The van der Waals surface area contributed by atoms with Gasteiger partial charge in [-0.05, 0) is 18.6 Å². The first kappa shape index (κ1) is 21.1. The van der Waals surface area contributed by atoms with E-state index in [0.717, 1.165) is 6.07 Å². The van der Waals surface area contributed by atoms with Crippen LogP contribution < -0.4 is 15.4 Å². The Morgan fingerprint density at radius 3 is 2.74 bits per heavy atom. The fourth-order valence-corrected chi connectivity index (χ4v) is 2.82. The molecule has 0 aromatic heterocycles. The molecule has 1 saturated heterocycles. The molecular weight excluding hydrogens is 378 g/mol. The van der Waals surface area contributed by atoms with Crippen molar-refractivity contribution < 1.29 is 31.1 Å². The number of benzene rings is 1. The van der Waals surface area contributed by atoms with Gasteiger partial charge in [-0.2, -0.15) is 22.0 Å². The maximum Gasteiger partial charge on any atom is 0.401 e. The van der Waals surface area contributed by atoms with Crippen LogP contribution in [0.2, 0.25) is 0 Å². The molecule has 152 valence electrons. The molecule has 1 heterocycles. The number of halogens is 6. The molecule has 0 aliphatic carbocycles. The van der Waals surface area contributed by atoms with E-state index in [-0.39, 0.29) is 42.9 Å². The van der Waals surface area contributed by atoms with E-state index in [2.05, 4.69) is 20.4 Å². The molecule has 1 aromatic rings. The topological polar surface area (TPSA) is 48.9 Å². The van der Waals surface area contributed by atoms with Crippen LogP contribution in [0.25, 0.3) is 0 Å². The first-order valence-electron chi connectivity index (χ1n) is 8.16. The molecule has 2 N–H and O–H groups in total. The van der Waals surface area contributed by atoms with Gasteiger partial charge in [-0.3, -0.25) is 9.89 Å². The van der Waals surface area contributed by atoms with Gasteiger partial charge in [-0.25, -0.2) is 4.39 Å². The van der Waals surface area contributed by atoms with Crippen LogP contribution in [0.15, 0.2) is 23.2 Å². The van der Waals surface area contributed by atoms with Crippen LogP contribution in [-0.2, 0) is 6.54 Å². The number of hydrogen-bond donors (Lipinski definition) is 2. The van der Waals surface area contributed by atoms with Gasteiger partial charge in [0.2, 0.25) is 0 Å². The number of hydrogen-bond acceptors (Lipinski definition) is 3. The lowest BCUT2D eigenvalue weighted by Gasteiger charge is -2.20. The van der Waals surface area contributed by atoms with Crippen LogP contribution in [0, 0.1) is 5.82 Å². The first-order valence-corrected chi connectivity index (χ1v) is 8.16. The molecule has 0 amide bonds. The van der Waals surface area contributed by atoms with E-state index in [0.29, 0.717) is 6.42 Å². The molecule has 5 nitrogen and oxygen atoms in total. The smallest absolute Gasteiger partial charge is 0.401 e. The third kappa shape index (κ3) is 6.81. The van der Waals surface area contributed by atoms with Crippen molar-refractivity contribution in [2.45, 2.75) is 31.8 Å². The lowest BCUT2D eigenvalue weighted by atomic mass is 10.2. The molecule has 1 aromatic carbocycles. The van der Waals surface area contributed by atoms with Crippen molar-refractivity contribution in [2.75, 3.05) is 26.7 Å². The summed E-state index contributed by atoms with van der Waals surface area (Å²) < 4.78 is 80.4. The highest BCUT2D eigenvalue weighted by Crippen LogP contribution is 2.23. The molecule has 11 heteroatoms. The quantitative estimate of drug-likeness (QED) is 0.440. The molecular formula is C16H20F6N4O. The summed E-state index contributed by atoms with van der Waals surface area (Å²) in [7, 11) is 1.44. The Balaban J connectivity index is 1.92. The summed E-state index contributed by atoms with van der Waals surface area (Å²) in [5.41, 5.74) is -0.106. The Bertz CT molecular complexity index is 652. The molecule has 0 saturated carbocycles. The molecule has 0 bridgehead atoms. The normalized spacial score (nSPS) is 18.8. The summed E-state index contributed by atoms with van der Waals surface area (Å²) in [6.45, 7) is -3.80. The van der Waals surface area contributed by atoms with Gasteiger partial charge in [0.25, 0.3) is 0 Å². The van der Waals surface area contributed by atoms with Gasteiger partial charge in [0.15, 0.2) is 5.96 Å². The molecule has 0 spiro atoms. The second kappa shape index (κ2) is 9.16. The predicted molar refractivity (Wildman–Crippen MR) is 87.3 cm³/mol. The van der Waals surface area contributed by atoms with Crippen LogP contribution in [0.5, 0.6) is 5.75 Å². The van der Waals surface area contributed by atoms with Crippen molar-refractivity contribution in [3.63, 3.8) is 0 Å². The maximum absolute atomic E-state index is 13.9. The zero-order chi connectivity index (χ0) is 20.0. The molecule has 2 rings (SSSR count). The van der Waals surface area contributed by atoms with Gasteiger partial charge in [0.05, 0.1) is 6.54 Å². The Kier molecular flexibility index (Phi) is 7.17. The average molecular weight is 398 g/mol. The number of nitrogens with zero attached hydrogens (tertiary/aromatic N) is 2. The van der Waals surface area contributed by atoms with Gasteiger partial charge in [0.1, 0.15) is 11.6 Å². The van der Waals surface area contributed by atoms with Gasteiger partial charge in [-0.15, -0.1) is 0 Å². The van der Waals surface area contributed by atoms with Crippen LogP contribution in [-0.4, -0.2) is 56.4 Å². The third-order valence-corrected chi connectivity index (χ3v) is 3.96. The number of ether oxygens (including phenoxy) is 1. The van der Waals surface area contributed by atoms with Crippen molar-refractivity contribution in [2.24, 2.45) is 4.99 Å². The standard InChI is InChI=1S/C16H20F6N4O/c1-23-15(25-10-5-6-26(8-10)9-16(20,21)22)24-7-11-12(17)3-2-4-13(11)27-14(18)19/h2-4,10,14H,5-9H2,1H3,(H2,23,24,25). The van der Waals surface area contributed by atoms with Crippen LogP contribution in [0.4, 0.5) is 26.3 Å². The van der Waals surface area contributed by atoms with Crippen molar-refractivity contribution in [3.05, 3.63) is 29.6 Å². The van der Waals surface area contributed by atoms with Gasteiger partial charge in [-0.1, -0.05) is 6.07 Å².